The van der Waals surface area contributed by atoms with E-state index in [-0.39, 0.29) is 17.4 Å². The Bertz CT molecular complexity index is 1220. The Labute approximate surface area is 181 Å². The second-order valence-electron chi connectivity index (χ2n) is 7.30. The van der Waals surface area contributed by atoms with E-state index in [1.807, 2.05) is 32.0 Å². The van der Waals surface area contributed by atoms with Crippen LogP contribution in [0.25, 0.3) is 0 Å². The number of fused-ring (bicyclic) bond motifs is 1. The van der Waals surface area contributed by atoms with Gasteiger partial charge in [-0.15, -0.1) is 0 Å². The van der Waals surface area contributed by atoms with Gasteiger partial charge in [0.05, 0.1) is 10.6 Å². The smallest absolute Gasteiger partial charge is 0.269 e. The van der Waals surface area contributed by atoms with Gasteiger partial charge in [-0.2, -0.15) is 0 Å². The van der Waals surface area contributed by atoms with Gasteiger partial charge in [0, 0.05) is 5.69 Å². The molecule has 2 N–H and O–H groups in total. The van der Waals surface area contributed by atoms with Crippen molar-refractivity contribution in [3.05, 3.63) is 77.9 Å². The molecule has 0 aromatic heterocycles. The molecule has 0 radical (unpaired) electrons. The van der Waals surface area contributed by atoms with E-state index >= 15 is 0 Å². The summed E-state index contributed by atoms with van der Waals surface area (Å²) in [5, 5.41) is 2.73. The molecule has 0 fully saturated rings. The van der Waals surface area contributed by atoms with Gasteiger partial charge in [-0.1, -0.05) is 24.3 Å². The summed E-state index contributed by atoms with van der Waals surface area (Å²) in [6.07, 6.45) is -0.802. The van der Waals surface area contributed by atoms with E-state index in [0.717, 1.165) is 11.1 Å². The van der Waals surface area contributed by atoms with Crippen LogP contribution in [0.3, 0.4) is 0 Å². The largest absolute Gasteiger partial charge is 0.485 e. The van der Waals surface area contributed by atoms with Crippen LogP contribution in [0.4, 0.5) is 11.4 Å². The standard InChI is InChI=1S/C23H22N2O5S/c1-15-7-8-16(2)19(13-15)25-31(27,28)18-11-9-17(10-12-18)24-23(26)22-14-29-20-5-3-4-6-21(20)30-22/h3-13,22,25H,14H2,1-2H3,(H,24,26). The van der Waals surface area contributed by atoms with Crippen molar-refractivity contribution in [3.63, 3.8) is 0 Å². The fourth-order valence-electron chi connectivity index (χ4n) is 3.14. The second-order valence-corrected chi connectivity index (χ2v) is 8.98. The van der Waals surface area contributed by atoms with Crippen LogP contribution in [0.5, 0.6) is 11.5 Å². The summed E-state index contributed by atoms with van der Waals surface area (Å²) >= 11 is 0. The molecule has 0 saturated carbocycles. The topological polar surface area (TPSA) is 93.7 Å². The Hall–Kier alpha value is -3.52. The molecule has 1 heterocycles. The molecule has 0 bridgehead atoms. The van der Waals surface area contributed by atoms with Crippen molar-refractivity contribution in [2.45, 2.75) is 24.8 Å². The first-order valence-corrected chi connectivity index (χ1v) is 11.2. The highest BCUT2D eigenvalue weighted by Gasteiger charge is 2.27. The monoisotopic (exact) mass is 438 g/mol. The minimum absolute atomic E-state index is 0.0923. The van der Waals surface area contributed by atoms with E-state index in [0.29, 0.717) is 22.9 Å². The van der Waals surface area contributed by atoms with Crippen molar-refractivity contribution in [2.24, 2.45) is 0 Å². The number of carbonyl (C=O) groups excluding carboxylic acids is 1. The van der Waals surface area contributed by atoms with Crippen molar-refractivity contribution in [3.8, 4) is 11.5 Å². The first-order valence-electron chi connectivity index (χ1n) is 9.71. The fraction of sp³-hybridized carbons (Fsp3) is 0.174. The van der Waals surface area contributed by atoms with Crippen molar-refractivity contribution in [1.29, 1.82) is 0 Å². The average molecular weight is 439 g/mol. The molecule has 160 valence electrons. The Morgan fingerprint density at radius 2 is 1.68 bits per heavy atom. The SMILES string of the molecule is Cc1ccc(C)c(NS(=O)(=O)c2ccc(NC(=O)C3COc4ccccc4O3)cc2)c1. The van der Waals surface area contributed by atoms with Crippen LogP contribution >= 0.6 is 0 Å². The van der Waals surface area contributed by atoms with E-state index < -0.39 is 16.1 Å². The maximum absolute atomic E-state index is 12.7. The molecule has 3 aromatic carbocycles. The number of hydrogen-bond acceptors (Lipinski definition) is 5. The molecule has 1 unspecified atom stereocenters. The first kappa shape index (κ1) is 20.7. The third-order valence-electron chi connectivity index (χ3n) is 4.87. The summed E-state index contributed by atoms with van der Waals surface area (Å²) in [5.41, 5.74) is 2.78. The van der Waals surface area contributed by atoms with Crippen LogP contribution in [-0.2, 0) is 14.8 Å². The van der Waals surface area contributed by atoms with Crippen LogP contribution in [0.1, 0.15) is 11.1 Å². The Balaban J connectivity index is 1.43. The number of ether oxygens (including phenoxy) is 2. The van der Waals surface area contributed by atoms with E-state index in [4.69, 9.17) is 9.47 Å². The van der Waals surface area contributed by atoms with Crippen LogP contribution in [0.15, 0.2) is 71.6 Å². The van der Waals surface area contributed by atoms with Gasteiger partial charge in [-0.25, -0.2) is 8.42 Å². The molecule has 0 spiro atoms. The van der Waals surface area contributed by atoms with Crippen LogP contribution in [0, 0.1) is 13.8 Å². The van der Waals surface area contributed by atoms with Gasteiger partial charge in [0.15, 0.2) is 11.5 Å². The third-order valence-corrected chi connectivity index (χ3v) is 6.25. The van der Waals surface area contributed by atoms with Crippen LogP contribution in [-0.4, -0.2) is 27.0 Å². The number of anilines is 2. The number of sulfonamides is 1. The van der Waals surface area contributed by atoms with Gasteiger partial charge < -0.3 is 14.8 Å². The number of nitrogens with one attached hydrogen (secondary N) is 2. The maximum atomic E-state index is 12.7. The molecular formula is C23H22N2O5S. The van der Waals surface area contributed by atoms with Gasteiger partial charge in [-0.05, 0) is 67.4 Å². The molecule has 7 nitrogen and oxygen atoms in total. The van der Waals surface area contributed by atoms with E-state index in [1.54, 1.807) is 24.3 Å². The minimum atomic E-state index is -3.76. The molecule has 1 aliphatic rings. The van der Waals surface area contributed by atoms with Gasteiger partial charge in [0.25, 0.3) is 15.9 Å². The lowest BCUT2D eigenvalue weighted by Crippen LogP contribution is -2.40. The Kier molecular flexibility index (Phi) is 5.56. The number of para-hydroxylation sites is 2. The van der Waals surface area contributed by atoms with Crippen molar-refractivity contribution >= 4 is 27.3 Å². The summed E-state index contributed by atoms with van der Waals surface area (Å²) in [4.78, 5) is 12.6. The normalized spacial score (nSPS) is 15.2. The highest BCUT2D eigenvalue weighted by atomic mass is 32.2. The van der Waals surface area contributed by atoms with Gasteiger partial charge in [0.1, 0.15) is 6.61 Å². The lowest BCUT2D eigenvalue weighted by molar-refractivity contribution is -0.125. The molecule has 0 aliphatic carbocycles. The lowest BCUT2D eigenvalue weighted by Gasteiger charge is -2.25. The molecule has 31 heavy (non-hydrogen) atoms. The summed E-state index contributed by atoms with van der Waals surface area (Å²) in [5.74, 6) is 0.726. The number of rotatable bonds is 5. The van der Waals surface area contributed by atoms with E-state index in [1.165, 1.54) is 24.3 Å². The summed E-state index contributed by atoms with van der Waals surface area (Å²) in [6, 6.07) is 18.7. The predicted molar refractivity (Wildman–Crippen MR) is 118 cm³/mol. The quantitative estimate of drug-likeness (QED) is 0.631. The predicted octanol–water partition coefficient (Wildman–Crippen LogP) is 3.88. The summed E-state index contributed by atoms with van der Waals surface area (Å²) < 4.78 is 39.3. The molecular weight excluding hydrogens is 416 g/mol. The molecule has 8 heteroatoms. The highest BCUT2D eigenvalue weighted by Crippen LogP contribution is 2.31. The van der Waals surface area contributed by atoms with Crippen molar-refractivity contribution < 1.29 is 22.7 Å². The number of hydrogen-bond donors (Lipinski definition) is 2. The van der Waals surface area contributed by atoms with E-state index in [2.05, 4.69) is 10.0 Å². The fourth-order valence-corrected chi connectivity index (χ4v) is 4.26. The van der Waals surface area contributed by atoms with Gasteiger partial charge >= 0.3 is 0 Å². The Morgan fingerprint density at radius 1 is 0.968 bits per heavy atom. The second kappa shape index (κ2) is 8.31. The highest BCUT2D eigenvalue weighted by molar-refractivity contribution is 7.92. The number of amides is 1. The third kappa shape index (κ3) is 4.64. The van der Waals surface area contributed by atoms with Crippen molar-refractivity contribution in [2.75, 3.05) is 16.6 Å². The molecule has 0 saturated heterocycles. The van der Waals surface area contributed by atoms with Crippen LogP contribution < -0.4 is 19.5 Å². The van der Waals surface area contributed by atoms with Gasteiger partial charge in [-0.3, -0.25) is 9.52 Å². The van der Waals surface area contributed by atoms with Crippen LogP contribution in [0.2, 0.25) is 0 Å². The zero-order chi connectivity index (χ0) is 22.0. The summed E-state index contributed by atoms with van der Waals surface area (Å²) in [6.45, 7) is 3.83. The molecule has 3 aromatic rings. The summed E-state index contributed by atoms with van der Waals surface area (Å²) in [7, 11) is -3.76. The Morgan fingerprint density at radius 3 is 2.42 bits per heavy atom. The van der Waals surface area contributed by atoms with Crippen molar-refractivity contribution in [1.82, 2.24) is 0 Å². The van der Waals surface area contributed by atoms with E-state index in [9.17, 15) is 13.2 Å². The average Bonchev–Trinajstić information content (AvgIpc) is 2.76. The number of carbonyl (C=O) groups is 1. The zero-order valence-electron chi connectivity index (χ0n) is 17.1. The van der Waals surface area contributed by atoms with Gasteiger partial charge in [0.2, 0.25) is 6.10 Å². The minimum Gasteiger partial charge on any atom is -0.485 e. The molecule has 4 rings (SSSR count). The number of benzene rings is 3. The zero-order valence-corrected chi connectivity index (χ0v) is 17.9. The molecule has 1 amide bonds. The maximum Gasteiger partial charge on any atom is 0.269 e. The lowest BCUT2D eigenvalue weighted by atomic mass is 10.1. The first-order chi connectivity index (χ1) is 14.8. The molecule has 1 aliphatic heterocycles. The number of aryl methyl sites for hydroxylation is 2. The molecule has 1 atom stereocenters.